The minimum Gasteiger partial charge on any atom is -0.506 e. The van der Waals surface area contributed by atoms with Gasteiger partial charge in [-0.05, 0) is 68.1 Å². The zero-order chi connectivity index (χ0) is 36.9. The molecule has 50 heavy (non-hydrogen) atoms. The summed E-state index contributed by atoms with van der Waals surface area (Å²) >= 11 is 1.13. The summed E-state index contributed by atoms with van der Waals surface area (Å²) in [5, 5.41) is 16.9. The Bertz CT molecular complexity index is 1590. The molecule has 1 aliphatic carbocycles. The van der Waals surface area contributed by atoms with Crippen molar-refractivity contribution in [2.45, 2.75) is 69.8 Å². The average Bonchev–Trinajstić information content (AvgIpc) is 3.49. The van der Waals surface area contributed by atoms with E-state index in [4.69, 9.17) is 4.74 Å². The third kappa shape index (κ3) is 12.4. The molecule has 1 aliphatic rings. The summed E-state index contributed by atoms with van der Waals surface area (Å²) in [5.41, 5.74) is 2.80. The van der Waals surface area contributed by atoms with Crippen molar-refractivity contribution >= 4 is 39.0 Å². The SMILES string of the molecule is COc1ccc(CCNCCC(=O)N(CCNCCc2ccc(O)c3[nH]c(=O)sc23)C2CCCCC2)cc1.O=C(C(=O)C(F)(F)F)C(F)(F)F. The Labute approximate surface area is 288 Å². The molecule has 276 valence electrons. The van der Waals surface area contributed by atoms with Crippen molar-refractivity contribution in [1.82, 2.24) is 20.5 Å². The second-order valence-electron chi connectivity index (χ2n) is 11.6. The number of hydrogen-bond acceptors (Lipinski definition) is 9. The number of amides is 1. The van der Waals surface area contributed by atoms with Gasteiger partial charge in [-0.1, -0.05) is 48.8 Å². The first-order valence-corrected chi connectivity index (χ1v) is 16.8. The Kier molecular flexibility index (Phi) is 15.3. The molecule has 1 amide bonds. The van der Waals surface area contributed by atoms with E-state index in [1.807, 2.05) is 18.2 Å². The maximum Gasteiger partial charge on any atom is 0.458 e. The van der Waals surface area contributed by atoms with Crippen molar-refractivity contribution < 1.29 is 50.6 Å². The highest BCUT2D eigenvalue weighted by Gasteiger charge is 2.54. The molecule has 0 bridgehead atoms. The van der Waals surface area contributed by atoms with Gasteiger partial charge in [0.25, 0.3) is 0 Å². The van der Waals surface area contributed by atoms with E-state index >= 15 is 0 Å². The predicted octanol–water partition coefficient (Wildman–Crippen LogP) is 5.07. The van der Waals surface area contributed by atoms with Crippen LogP contribution in [0.15, 0.2) is 41.2 Å². The number of rotatable bonds is 15. The van der Waals surface area contributed by atoms with Gasteiger partial charge < -0.3 is 30.4 Å². The number of ether oxygens (including phenoxy) is 1. The van der Waals surface area contributed by atoms with Gasteiger partial charge in [0.15, 0.2) is 0 Å². The van der Waals surface area contributed by atoms with E-state index in [1.165, 1.54) is 24.8 Å². The average molecular weight is 735 g/mol. The Morgan fingerprint density at radius 1 is 0.880 bits per heavy atom. The first kappa shape index (κ1) is 40.5. The zero-order valence-electron chi connectivity index (χ0n) is 27.3. The quantitative estimate of drug-likeness (QED) is 0.0965. The molecule has 0 radical (unpaired) electrons. The Morgan fingerprint density at radius 2 is 1.48 bits per heavy atom. The molecule has 2 aromatic carbocycles. The fourth-order valence-electron chi connectivity index (χ4n) is 5.47. The summed E-state index contributed by atoms with van der Waals surface area (Å²) in [6.45, 7) is 3.70. The van der Waals surface area contributed by atoms with Gasteiger partial charge in [-0.2, -0.15) is 26.3 Å². The fraction of sp³-hybridized carbons (Fsp3) is 0.515. The Balaban J connectivity index is 0.000000482. The van der Waals surface area contributed by atoms with Gasteiger partial charge >= 0.3 is 28.8 Å². The Morgan fingerprint density at radius 3 is 2.08 bits per heavy atom. The van der Waals surface area contributed by atoms with E-state index in [0.29, 0.717) is 31.1 Å². The molecule has 0 atom stereocenters. The van der Waals surface area contributed by atoms with Gasteiger partial charge in [-0.15, -0.1) is 0 Å². The van der Waals surface area contributed by atoms with Crippen LogP contribution in [0, 0.1) is 0 Å². The number of ketones is 2. The number of thiazole rings is 1. The lowest BCUT2D eigenvalue weighted by atomic mass is 9.94. The van der Waals surface area contributed by atoms with Crippen LogP contribution >= 0.6 is 11.3 Å². The summed E-state index contributed by atoms with van der Waals surface area (Å²) in [7, 11) is 1.67. The van der Waals surface area contributed by atoms with Crippen molar-refractivity contribution in [3.63, 3.8) is 0 Å². The number of phenolic OH excluding ortho intramolecular Hbond substituents is 1. The fourth-order valence-corrected chi connectivity index (χ4v) is 6.36. The number of alkyl halides is 6. The van der Waals surface area contributed by atoms with Crippen LogP contribution in [0.3, 0.4) is 0 Å². The molecular formula is C33H40F6N4O6S. The van der Waals surface area contributed by atoms with Crippen LogP contribution in [0.25, 0.3) is 10.2 Å². The lowest BCUT2D eigenvalue weighted by Gasteiger charge is -2.34. The topological polar surface area (TPSA) is 141 Å². The molecular weight excluding hydrogens is 694 g/mol. The lowest BCUT2D eigenvalue weighted by molar-refractivity contribution is -0.193. The summed E-state index contributed by atoms with van der Waals surface area (Å²) in [6.07, 6.45) is -3.53. The number of carbonyl (C=O) groups excluding carboxylic acids is 3. The largest absolute Gasteiger partial charge is 0.506 e. The molecule has 1 heterocycles. The van der Waals surface area contributed by atoms with E-state index in [-0.39, 0.29) is 16.5 Å². The number of Topliss-reactive ketones (excluding diaryl/α,β-unsaturated/α-hetero) is 2. The number of methoxy groups -OCH3 is 1. The molecule has 1 fully saturated rings. The number of halogens is 6. The molecule has 0 saturated heterocycles. The van der Waals surface area contributed by atoms with Crippen LogP contribution in [0.2, 0.25) is 0 Å². The van der Waals surface area contributed by atoms with E-state index in [2.05, 4.69) is 32.7 Å². The van der Waals surface area contributed by atoms with Gasteiger partial charge in [-0.25, -0.2) is 0 Å². The van der Waals surface area contributed by atoms with Crippen molar-refractivity contribution in [2.24, 2.45) is 0 Å². The first-order valence-electron chi connectivity index (χ1n) is 16.0. The summed E-state index contributed by atoms with van der Waals surface area (Å²) in [4.78, 5) is 48.8. The smallest absolute Gasteiger partial charge is 0.458 e. The molecule has 17 heteroatoms. The monoisotopic (exact) mass is 734 g/mol. The number of aromatic nitrogens is 1. The third-order valence-electron chi connectivity index (χ3n) is 8.06. The molecule has 0 aliphatic heterocycles. The summed E-state index contributed by atoms with van der Waals surface area (Å²) < 4.78 is 73.0. The molecule has 10 nitrogen and oxygen atoms in total. The Hall–Kier alpha value is -3.96. The van der Waals surface area contributed by atoms with Crippen LogP contribution in [0.5, 0.6) is 11.5 Å². The highest BCUT2D eigenvalue weighted by molar-refractivity contribution is 7.16. The summed E-state index contributed by atoms with van der Waals surface area (Å²) in [5.74, 6) is -5.62. The first-order chi connectivity index (χ1) is 23.6. The predicted molar refractivity (Wildman–Crippen MR) is 176 cm³/mol. The minimum atomic E-state index is -5.77. The van der Waals surface area contributed by atoms with Crippen LogP contribution in [0.4, 0.5) is 26.3 Å². The van der Waals surface area contributed by atoms with Crippen molar-refractivity contribution in [3.05, 3.63) is 57.2 Å². The molecule has 4 N–H and O–H groups in total. The van der Waals surface area contributed by atoms with Crippen molar-refractivity contribution in [1.29, 1.82) is 0 Å². The van der Waals surface area contributed by atoms with Gasteiger partial charge in [0.1, 0.15) is 17.0 Å². The highest BCUT2D eigenvalue weighted by atomic mass is 32.1. The molecule has 1 saturated carbocycles. The zero-order valence-corrected chi connectivity index (χ0v) is 28.2. The molecule has 0 unspecified atom stereocenters. The summed E-state index contributed by atoms with van der Waals surface area (Å²) in [6, 6.07) is 12.0. The highest BCUT2D eigenvalue weighted by Crippen LogP contribution is 2.28. The molecule has 1 aromatic heterocycles. The number of aromatic hydroxyl groups is 1. The molecule has 0 spiro atoms. The number of aromatic amines is 1. The second-order valence-corrected chi connectivity index (χ2v) is 12.6. The number of nitrogens with zero attached hydrogens (tertiary/aromatic N) is 1. The van der Waals surface area contributed by atoms with Gasteiger partial charge in [0.05, 0.1) is 11.8 Å². The van der Waals surface area contributed by atoms with E-state index in [1.54, 1.807) is 13.2 Å². The molecule has 3 aromatic rings. The number of hydrogen-bond donors (Lipinski definition) is 4. The van der Waals surface area contributed by atoms with Gasteiger partial charge in [0, 0.05) is 32.1 Å². The standard InChI is InChI=1S/C29H40N4O4S.C4F6O2/c1-37-24-10-7-21(8-11-24)13-16-30-18-15-26(35)33(23-5-3-2-4-6-23)20-19-31-17-14-22-9-12-25(34)27-28(22)38-29(36)32-27;5-3(6,7)1(11)2(12)4(8,9)10/h7-12,23,30-31,34H,2-6,13-20H2,1H3,(H,32,36);. The van der Waals surface area contributed by atoms with Crippen molar-refractivity contribution in [3.8, 4) is 11.5 Å². The molecule has 4 rings (SSSR count). The lowest BCUT2D eigenvalue weighted by Crippen LogP contribution is -2.45. The number of H-pyrrole nitrogens is 1. The number of carbonyl (C=O) groups is 3. The van der Waals surface area contributed by atoms with Crippen LogP contribution < -0.4 is 20.2 Å². The van der Waals surface area contributed by atoms with Crippen LogP contribution in [0.1, 0.15) is 49.7 Å². The third-order valence-corrected chi connectivity index (χ3v) is 9.02. The van der Waals surface area contributed by atoms with Crippen LogP contribution in [-0.4, -0.2) is 90.7 Å². The van der Waals surface area contributed by atoms with E-state index in [9.17, 15) is 50.6 Å². The minimum absolute atomic E-state index is 0.104. The van der Waals surface area contributed by atoms with Crippen molar-refractivity contribution in [2.75, 3.05) is 39.8 Å². The number of benzene rings is 2. The second kappa shape index (κ2) is 18.9. The van der Waals surface area contributed by atoms with Gasteiger partial charge in [0.2, 0.25) is 5.91 Å². The normalized spacial score (nSPS) is 13.8. The number of fused-ring (bicyclic) bond motifs is 1. The number of nitrogens with one attached hydrogen (secondary N) is 3. The van der Waals surface area contributed by atoms with E-state index in [0.717, 1.165) is 72.7 Å². The van der Waals surface area contributed by atoms with Gasteiger partial charge in [-0.3, -0.25) is 19.2 Å². The maximum atomic E-state index is 13.2. The van der Waals surface area contributed by atoms with E-state index < -0.39 is 23.9 Å². The van der Waals surface area contributed by atoms with Crippen LogP contribution in [-0.2, 0) is 27.2 Å². The number of phenols is 1. The maximum absolute atomic E-state index is 13.2.